The second-order valence-electron chi connectivity index (χ2n) is 6.35. The van der Waals surface area contributed by atoms with Gasteiger partial charge in [-0.2, -0.15) is 0 Å². The summed E-state index contributed by atoms with van der Waals surface area (Å²) in [6, 6.07) is 6.64. The molecule has 2 unspecified atom stereocenters. The fourth-order valence-corrected chi connectivity index (χ4v) is 2.28. The maximum Gasteiger partial charge on any atom is 0.175 e. The van der Waals surface area contributed by atoms with Crippen molar-refractivity contribution in [2.75, 3.05) is 12.8 Å². The minimum atomic E-state index is -3.19. The van der Waals surface area contributed by atoms with Crippen molar-refractivity contribution in [1.82, 2.24) is 5.32 Å². The Hall–Kier alpha value is -0.910. The summed E-state index contributed by atoms with van der Waals surface area (Å²) in [5, 5.41) is 13.4. The largest absolute Gasteiger partial charge is 0.387 e. The van der Waals surface area contributed by atoms with E-state index in [9.17, 15) is 13.5 Å². The summed E-state index contributed by atoms with van der Waals surface area (Å²) in [7, 11) is -3.19. The molecule has 0 saturated carbocycles. The maximum absolute atomic E-state index is 11.4. The van der Waals surface area contributed by atoms with E-state index in [0.29, 0.717) is 12.1 Å². The van der Waals surface area contributed by atoms with Crippen molar-refractivity contribution in [3.63, 3.8) is 0 Å². The topological polar surface area (TPSA) is 66.4 Å². The molecule has 20 heavy (non-hydrogen) atoms. The molecular weight excluding hydrogens is 274 g/mol. The second-order valence-corrected chi connectivity index (χ2v) is 8.37. The highest BCUT2D eigenvalue weighted by atomic mass is 32.2. The van der Waals surface area contributed by atoms with Crippen molar-refractivity contribution in [3.05, 3.63) is 29.8 Å². The molecule has 1 rings (SSSR count). The summed E-state index contributed by atoms with van der Waals surface area (Å²) in [6.07, 6.45) is 0.527. The van der Waals surface area contributed by atoms with Crippen LogP contribution in [0.15, 0.2) is 29.2 Å². The number of hydrogen-bond donors (Lipinski definition) is 2. The molecule has 0 saturated heterocycles. The second kappa shape index (κ2) is 6.24. The molecule has 0 heterocycles. The first-order valence-corrected chi connectivity index (χ1v) is 8.62. The van der Waals surface area contributed by atoms with Crippen molar-refractivity contribution in [2.24, 2.45) is 5.41 Å². The van der Waals surface area contributed by atoms with E-state index in [1.165, 1.54) is 18.4 Å². The van der Waals surface area contributed by atoms with Gasteiger partial charge in [0.15, 0.2) is 9.84 Å². The van der Waals surface area contributed by atoms with Crippen LogP contribution in [0, 0.1) is 5.41 Å². The predicted molar refractivity (Wildman–Crippen MR) is 81.4 cm³/mol. The van der Waals surface area contributed by atoms with Gasteiger partial charge in [0.25, 0.3) is 0 Å². The molecule has 0 aromatic heterocycles. The lowest BCUT2D eigenvalue weighted by Crippen LogP contribution is -2.39. The molecule has 0 aliphatic heterocycles. The van der Waals surface area contributed by atoms with Gasteiger partial charge in [-0.05, 0) is 30.0 Å². The zero-order valence-corrected chi connectivity index (χ0v) is 13.7. The van der Waals surface area contributed by atoms with Gasteiger partial charge in [0.1, 0.15) is 0 Å². The van der Waals surface area contributed by atoms with E-state index < -0.39 is 15.9 Å². The number of rotatable bonds is 5. The van der Waals surface area contributed by atoms with Crippen LogP contribution in [-0.2, 0) is 9.84 Å². The number of sulfone groups is 1. The lowest BCUT2D eigenvalue weighted by atomic mass is 9.88. The molecule has 0 bridgehead atoms. The minimum absolute atomic E-state index is 0.125. The van der Waals surface area contributed by atoms with Gasteiger partial charge in [0.05, 0.1) is 11.0 Å². The molecular formula is C15H25NO3S. The van der Waals surface area contributed by atoms with Crippen LogP contribution in [0.1, 0.15) is 39.4 Å². The Bertz CT molecular complexity index is 529. The summed E-state index contributed by atoms with van der Waals surface area (Å²) in [4.78, 5) is 0.268. The van der Waals surface area contributed by atoms with Crippen LogP contribution in [0.2, 0.25) is 0 Å². The Morgan fingerprint density at radius 2 is 1.70 bits per heavy atom. The first-order chi connectivity index (χ1) is 9.01. The number of aliphatic hydroxyl groups excluding tert-OH is 1. The standard InChI is InChI=1S/C15H25NO3S/c1-11(15(2,3)4)16-10-14(17)12-6-8-13(9-7-12)20(5,18)19/h6-9,11,14,16-17H,10H2,1-5H3. The third-order valence-electron chi connectivity index (χ3n) is 3.61. The van der Waals surface area contributed by atoms with E-state index in [-0.39, 0.29) is 16.4 Å². The first-order valence-electron chi connectivity index (χ1n) is 6.73. The monoisotopic (exact) mass is 299 g/mol. The van der Waals surface area contributed by atoms with Crippen LogP contribution >= 0.6 is 0 Å². The Morgan fingerprint density at radius 1 is 1.20 bits per heavy atom. The van der Waals surface area contributed by atoms with Gasteiger partial charge < -0.3 is 10.4 Å². The summed E-state index contributed by atoms with van der Waals surface area (Å²) >= 11 is 0. The van der Waals surface area contributed by atoms with E-state index >= 15 is 0 Å². The van der Waals surface area contributed by atoms with Gasteiger partial charge in [-0.1, -0.05) is 32.9 Å². The quantitative estimate of drug-likeness (QED) is 0.874. The van der Waals surface area contributed by atoms with Crippen molar-refractivity contribution in [2.45, 2.75) is 44.7 Å². The van der Waals surface area contributed by atoms with Crippen LogP contribution < -0.4 is 5.32 Å². The summed E-state index contributed by atoms with van der Waals surface area (Å²) < 4.78 is 22.7. The Balaban J connectivity index is 2.67. The van der Waals surface area contributed by atoms with Crippen LogP contribution in [0.3, 0.4) is 0 Å². The number of aliphatic hydroxyl groups is 1. The van der Waals surface area contributed by atoms with E-state index in [4.69, 9.17) is 0 Å². The highest BCUT2D eigenvalue weighted by molar-refractivity contribution is 7.90. The van der Waals surface area contributed by atoms with Crippen LogP contribution in [0.4, 0.5) is 0 Å². The zero-order valence-electron chi connectivity index (χ0n) is 12.8. The van der Waals surface area contributed by atoms with Gasteiger partial charge >= 0.3 is 0 Å². The molecule has 114 valence electrons. The SMILES string of the molecule is CC(NCC(O)c1ccc(S(C)(=O)=O)cc1)C(C)(C)C. The first kappa shape index (κ1) is 17.1. The van der Waals surface area contributed by atoms with Crippen molar-refractivity contribution in [1.29, 1.82) is 0 Å². The number of benzene rings is 1. The molecule has 2 N–H and O–H groups in total. The maximum atomic E-state index is 11.4. The van der Waals surface area contributed by atoms with Crippen LogP contribution in [-0.4, -0.2) is 32.4 Å². The fourth-order valence-electron chi connectivity index (χ4n) is 1.65. The van der Waals surface area contributed by atoms with Gasteiger partial charge in [-0.3, -0.25) is 0 Å². The molecule has 1 aromatic rings. The lowest BCUT2D eigenvalue weighted by molar-refractivity contribution is 0.158. The average molecular weight is 299 g/mol. The molecule has 2 atom stereocenters. The van der Waals surface area contributed by atoms with E-state index in [0.717, 1.165) is 0 Å². The molecule has 0 fully saturated rings. The Morgan fingerprint density at radius 3 is 2.10 bits per heavy atom. The Labute approximate surface area is 122 Å². The third-order valence-corrected chi connectivity index (χ3v) is 4.74. The third kappa shape index (κ3) is 4.89. The highest BCUT2D eigenvalue weighted by Crippen LogP contribution is 2.20. The van der Waals surface area contributed by atoms with Gasteiger partial charge in [-0.25, -0.2) is 8.42 Å². The summed E-state index contributed by atoms with van der Waals surface area (Å²) in [6.45, 7) is 8.93. The van der Waals surface area contributed by atoms with E-state index in [1.54, 1.807) is 12.1 Å². The molecule has 1 aromatic carbocycles. The highest BCUT2D eigenvalue weighted by Gasteiger charge is 2.20. The van der Waals surface area contributed by atoms with Gasteiger partial charge in [0, 0.05) is 18.8 Å². The lowest BCUT2D eigenvalue weighted by Gasteiger charge is -2.29. The normalized spacial score (nSPS) is 15.9. The van der Waals surface area contributed by atoms with E-state index in [2.05, 4.69) is 33.0 Å². The van der Waals surface area contributed by atoms with Crippen molar-refractivity contribution in [3.8, 4) is 0 Å². The predicted octanol–water partition coefficient (Wildman–Crippen LogP) is 2.15. The van der Waals surface area contributed by atoms with Crippen LogP contribution in [0.25, 0.3) is 0 Å². The molecule has 0 radical (unpaired) electrons. The number of hydrogen-bond acceptors (Lipinski definition) is 4. The van der Waals surface area contributed by atoms with Gasteiger partial charge in [0.2, 0.25) is 0 Å². The zero-order chi connectivity index (χ0) is 15.6. The molecule has 5 heteroatoms. The molecule has 0 aliphatic carbocycles. The van der Waals surface area contributed by atoms with Crippen molar-refractivity contribution >= 4 is 9.84 Å². The summed E-state index contributed by atoms with van der Waals surface area (Å²) in [5.41, 5.74) is 0.839. The summed E-state index contributed by atoms with van der Waals surface area (Å²) in [5.74, 6) is 0. The Kier molecular flexibility index (Phi) is 5.35. The molecule has 0 amide bonds. The molecule has 4 nitrogen and oxygen atoms in total. The van der Waals surface area contributed by atoms with Gasteiger partial charge in [-0.15, -0.1) is 0 Å². The minimum Gasteiger partial charge on any atom is -0.387 e. The average Bonchev–Trinajstić information content (AvgIpc) is 2.33. The molecule has 0 aliphatic rings. The van der Waals surface area contributed by atoms with E-state index in [1.807, 2.05) is 0 Å². The fraction of sp³-hybridized carbons (Fsp3) is 0.600. The van der Waals surface area contributed by atoms with Crippen LogP contribution in [0.5, 0.6) is 0 Å². The molecule has 0 spiro atoms. The number of nitrogens with one attached hydrogen (secondary N) is 1. The smallest absolute Gasteiger partial charge is 0.175 e. The van der Waals surface area contributed by atoms with Crippen molar-refractivity contribution < 1.29 is 13.5 Å².